The third kappa shape index (κ3) is 3.81. The van der Waals surface area contributed by atoms with Gasteiger partial charge in [0.2, 0.25) is 11.9 Å². The Balaban J connectivity index is 2.03. The van der Waals surface area contributed by atoms with Crippen molar-refractivity contribution < 1.29 is 4.79 Å². The van der Waals surface area contributed by atoms with Crippen molar-refractivity contribution in [3.05, 3.63) is 69.9 Å². The van der Waals surface area contributed by atoms with Crippen LogP contribution in [0.4, 0.5) is 5.69 Å². The average Bonchev–Trinajstić information content (AvgIpc) is 3.01. The summed E-state index contributed by atoms with van der Waals surface area (Å²) in [6.45, 7) is 5.59. The highest BCUT2D eigenvalue weighted by molar-refractivity contribution is 5.92. The van der Waals surface area contributed by atoms with E-state index in [9.17, 15) is 9.59 Å². The first-order valence-electron chi connectivity index (χ1n) is 8.86. The minimum atomic E-state index is -0.265. The molecule has 0 atom stereocenters. The zero-order valence-corrected chi connectivity index (χ0v) is 16.0. The monoisotopic (exact) mass is 365 g/mol. The van der Waals surface area contributed by atoms with Gasteiger partial charge in [-0.2, -0.15) is 5.10 Å². The highest BCUT2D eigenvalue weighted by Crippen LogP contribution is 2.13. The second-order valence-electron chi connectivity index (χ2n) is 6.45. The van der Waals surface area contributed by atoms with Gasteiger partial charge in [-0.05, 0) is 38.5 Å². The second kappa shape index (κ2) is 7.57. The van der Waals surface area contributed by atoms with Gasteiger partial charge in [-0.1, -0.05) is 25.1 Å². The zero-order chi connectivity index (χ0) is 19.6. The summed E-state index contributed by atoms with van der Waals surface area (Å²) in [7, 11) is 1.69. The first kappa shape index (κ1) is 18.6. The highest BCUT2D eigenvalue weighted by atomic mass is 16.2. The molecule has 3 rings (SSSR count). The summed E-state index contributed by atoms with van der Waals surface area (Å²) in [6.07, 6.45) is 0.625. The summed E-state index contributed by atoms with van der Waals surface area (Å²) in [5, 5.41) is 4.44. The molecule has 140 valence electrons. The Kier molecular flexibility index (Phi) is 5.21. The van der Waals surface area contributed by atoms with Crippen molar-refractivity contribution >= 4 is 11.6 Å². The number of aryl methyl sites for hydroxylation is 3. The lowest BCUT2D eigenvalue weighted by Gasteiger charge is -2.19. The summed E-state index contributed by atoms with van der Waals surface area (Å²) in [6, 6.07) is 12.7. The smallest absolute Gasteiger partial charge is 0.255 e. The van der Waals surface area contributed by atoms with Crippen LogP contribution in [0.5, 0.6) is 0 Å². The summed E-state index contributed by atoms with van der Waals surface area (Å²) >= 11 is 0. The van der Waals surface area contributed by atoms with E-state index in [0.717, 1.165) is 17.1 Å². The van der Waals surface area contributed by atoms with Gasteiger partial charge in [-0.15, -0.1) is 0 Å². The molecule has 0 spiro atoms. The standard InChI is InChI=1S/C20H23N5O2/c1-5-16-12-18(26)24(20(21-16)25-15(3)11-14(2)22-25)13-19(27)23(4)17-9-7-6-8-10-17/h6-12H,5,13H2,1-4H3. The van der Waals surface area contributed by atoms with E-state index in [-0.39, 0.29) is 18.0 Å². The van der Waals surface area contributed by atoms with E-state index >= 15 is 0 Å². The van der Waals surface area contributed by atoms with Gasteiger partial charge in [-0.25, -0.2) is 9.67 Å². The van der Waals surface area contributed by atoms with E-state index < -0.39 is 0 Å². The van der Waals surface area contributed by atoms with Gasteiger partial charge in [-0.3, -0.25) is 14.2 Å². The van der Waals surface area contributed by atoms with Gasteiger partial charge in [0.15, 0.2) is 0 Å². The minimum absolute atomic E-state index is 0.116. The fraction of sp³-hybridized carbons (Fsp3) is 0.300. The molecule has 0 unspecified atom stereocenters. The Labute approximate surface area is 157 Å². The Morgan fingerprint density at radius 1 is 1.15 bits per heavy atom. The predicted octanol–water partition coefficient (Wildman–Crippen LogP) is 2.27. The molecule has 0 N–H and O–H groups in total. The van der Waals surface area contributed by atoms with Crippen molar-refractivity contribution in [2.75, 3.05) is 11.9 Å². The van der Waals surface area contributed by atoms with Gasteiger partial charge in [0.25, 0.3) is 5.56 Å². The molecule has 2 heterocycles. The number of benzene rings is 1. The molecule has 27 heavy (non-hydrogen) atoms. The van der Waals surface area contributed by atoms with Crippen molar-refractivity contribution in [3.8, 4) is 5.95 Å². The molecular weight excluding hydrogens is 342 g/mol. The number of nitrogens with zero attached hydrogens (tertiary/aromatic N) is 5. The van der Waals surface area contributed by atoms with Crippen LogP contribution in [0.15, 0.2) is 47.3 Å². The largest absolute Gasteiger partial charge is 0.314 e. The van der Waals surface area contributed by atoms with Gasteiger partial charge >= 0.3 is 0 Å². The molecule has 0 fully saturated rings. The van der Waals surface area contributed by atoms with Gasteiger partial charge in [0.1, 0.15) is 6.54 Å². The van der Waals surface area contributed by atoms with Crippen LogP contribution in [0.2, 0.25) is 0 Å². The molecular formula is C20H23N5O2. The number of hydrogen-bond acceptors (Lipinski definition) is 4. The van der Waals surface area contributed by atoms with Gasteiger partial charge in [0, 0.05) is 30.2 Å². The molecule has 0 aliphatic heterocycles. The van der Waals surface area contributed by atoms with Gasteiger partial charge < -0.3 is 4.90 Å². The first-order valence-corrected chi connectivity index (χ1v) is 8.86. The summed E-state index contributed by atoms with van der Waals surface area (Å²) in [5.41, 5.74) is 2.84. The lowest BCUT2D eigenvalue weighted by Crippen LogP contribution is -2.36. The molecule has 1 amide bonds. The normalized spacial score (nSPS) is 10.8. The maximum atomic E-state index is 12.8. The fourth-order valence-corrected chi connectivity index (χ4v) is 2.90. The third-order valence-electron chi connectivity index (χ3n) is 4.41. The number of amides is 1. The van der Waals surface area contributed by atoms with Crippen LogP contribution in [0, 0.1) is 13.8 Å². The Morgan fingerprint density at radius 3 is 2.44 bits per heavy atom. The van der Waals surface area contributed by atoms with E-state index in [4.69, 9.17) is 0 Å². The van der Waals surface area contributed by atoms with E-state index in [1.165, 1.54) is 15.5 Å². The lowest BCUT2D eigenvalue weighted by atomic mass is 10.3. The number of carbonyl (C=O) groups excluding carboxylic acids is 1. The number of aromatic nitrogens is 4. The van der Waals surface area contributed by atoms with E-state index in [1.807, 2.05) is 57.2 Å². The lowest BCUT2D eigenvalue weighted by molar-refractivity contribution is -0.118. The minimum Gasteiger partial charge on any atom is -0.314 e. The molecule has 3 aromatic rings. The van der Waals surface area contributed by atoms with Crippen LogP contribution in [0.3, 0.4) is 0 Å². The molecule has 0 bridgehead atoms. The molecule has 0 saturated carbocycles. The van der Waals surface area contributed by atoms with E-state index in [0.29, 0.717) is 18.1 Å². The molecule has 0 saturated heterocycles. The second-order valence-corrected chi connectivity index (χ2v) is 6.45. The average molecular weight is 365 g/mol. The summed E-state index contributed by atoms with van der Waals surface area (Å²) in [4.78, 5) is 31.6. The number of carbonyl (C=O) groups is 1. The maximum Gasteiger partial charge on any atom is 0.255 e. The molecule has 0 aliphatic carbocycles. The van der Waals surface area contributed by atoms with Crippen molar-refractivity contribution in [3.63, 3.8) is 0 Å². The number of rotatable bonds is 5. The first-order chi connectivity index (χ1) is 12.9. The number of hydrogen-bond donors (Lipinski definition) is 0. The molecule has 2 aromatic heterocycles. The quantitative estimate of drug-likeness (QED) is 0.695. The van der Waals surface area contributed by atoms with Crippen LogP contribution in [0.25, 0.3) is 5.95 Å². The van der Waals surface area contributed by atoms with Crippen LogP contribution in [-0.4, -0.2) is 32.3 Å². The van der Waals surface area contributed by atoms with E-state index in [1.54, 1.807) is 11.7 Å². The molecule has 0 radical (unpaired) electrons. The highest BCUT2D eigenvalue weighted by Gasteiger charge is 2.18. The fourth-order valence-electron chi connectivity index (χ4n) is 2.90. The van der Waals surface area contributed by atoms with Crippen LogP contribution in [-0.2, 0) is 17.8 Å². The summed E-state index contributed by atoms with van der Waals surface area (Å²) in [5.74, 6) is 0.150. The third-order valence-corrected chi connectivity index (χ3v) is 4.41. The van der Waals surface area contributed by atoms with Crippen molar-refractivity contribution in [1.29, 1.82) is 0 Å². The van der Waals surface area contributed by atoms with Crippen LogP contribution >= 0.6 is 0 Å². The number of likely N-dealkylation sites (N-methyl/N-ethyl adjacent to an activating group) is 1. The summed E-state index contributed by atoms with van der Waals surface area (Å²) < 4.78 is 2.99. The predicted molar refractivity (Wildman–Crippen MR) is 104 cm³/mol. The number of para-hydroxylation sites is 1. The molecule has 0 aliphatic rings. The van der Waals surface area contributed by atoms with Crippen LogP contribution < -0.4 is 10.5 Å². The number of anilines is 1. The van der Waals surface area contributed by atoms with Crippen molar-refractivity contribution in [2.24, 2.45) is 0 Å². The van der Waals surface area contributed by atoms with Gasteiger partial charge in [0.05, 0.1) is 5.69 Å². The van der Waals surface area contributed by atoms with Crippen molar-refractivity contribution in [1.82, 2.24) is 19.3 Å². The Morgan fingerprint density at radius 2 is 1.85 bits per heavy atom. The topological polar surface area (TPSA) is 73.0 Å². The molecule has 7 nitrogen and oxygen atoms in total. The van der Waals surface area contributed by atoms with Crippen LogP contribution in [0.1, 0.15) is 24.0 Å². The molecule has 7 heteroatoms. The maximum absolute atomic E-state index is 12.8. The SMILES string of the molecule is CCc1cc(=O)n(CC(=O)N(C)c2ccccc2)c(-n2nc(C)cc2C)n1. The Hall–Kier alpha value is -3.22. The van der Waals surface area contributed by atoms with E-state index in [2.05, 4.69) is 10.1 Å². The molecule has 1 aromatic carbocycles. The van der Waals surface area contributed by atoms with Crippen molar-refractivity contribution in [2.45, 2.75) is 33.7 Å². The Bertz CT molecular complexity index is 1020. The zero-order valence-electron chi connectivity index (χ0n) is 16.0.